The third-order valence-corrected chi connectivity index (χ3v) is 6.99. The molecule has 0 saturated heterocycles. The summed E-state index contributed by atoms with van der Waals surface area (Å²) in [5, 5.41) is 16.8. The van der Waals surface area contributed by atoms with E-state index in [1.54, 1.807) is 11.3 Å². The molecule has 1 aliphatic carbocycles. The number of thiophene rings is 1. The summed E-state index contributed by atoms with van der Waals surface area (Å²) in [5.41, 5.74) is 1.78. The highest BCUT2D eigenvalue weighted by Crippen LogP contribution is 2.36. The van der Waals surface area contributed by atoms with Crippen LogP contribution in [-0.2, 0) is 4.79 Å². The first-order valence-corrected chi connectivity index (χ1v) is 11.1. The summed E-state index contributed by atoms with van der Waals surface area (Å²) in [6.07, 6.45) is 3.87. The Morgan fingerprint density at radius 1 is 1.21 bits per heavy atom. The van der Waals surface area contributed by atoms with Crippen LogP contribution in [-0.4, -0.2) is 22.6 Å². The minimum Gasteiger partial charge on any atom is -0.396 e. The van der Waals surface area contributed by atoms with Crippen molar-refractivity contribution in [3.63, 3.8) is 0 Å². The maximum Gasteiger partial charge on any atom is 0.228 e. The fourth-order valence-electron chi connectivity index (χ4n) is 3.65. The number of amides is 1. The molecule has 1 fully saturated rings. The number of rotatable bonds is 6. The quantitative estimate of drug-likeness (QED) is 0.552. The zero-order valence-corrected chi connectivity index (χ0v) is 18.0. The molecule has 4 nitrogen and oxygen atoms in total. The molecule has 2 atom stereocenters. The number of benzene rings is 1. The number of para-hydroxylation sites is 1. The number of hydrogen-bond acceptors (Lipinski definition) is 4. The van der Waals surface area contributed by atoms with Gasteiger partial charge in [0, 0.05) is 28.7 Å². The van der Waals surface area contributed by atoms with E-state index in [9.17, 15) is 9.90 Å². The molecular formula is C22H28N2O2S2. The lowest BCUT2D eigenvalue weighted by Gasteiger charge is -2.29. The van der Waals surface area contributed by atoms with Crippen LogP contribution in [0.1, 0.15) is 55.9 Å². The number of carbonyl (C=O) groups excluding carboxylic acids is 1. The highest BCUT2D eigenvalue weighted by Gasteiger charge is 2.31. The van der Waals surface area contributed by atoms with E-state index in [4.69, 9.17) is 12.2 Å². The predicted molar refractivity (Wildman–Crippen MR) is 121 cm³/mol. The summed E-state index contributed by atoms with van der Waals surface area (Å²) in [5.74, 6) is 0.274. The second kappa shape index (κ2) is 9.63. The first-order chi connectivity index (χ1) is 13.5. The Balaban J connectivity index is 1.81. The molecule has 1 heterocycles. The maximum absolute atomic E-state index is 13.0. The average Bonchev–Trinajstić information content (AvgIpc) is 3.13. The Bertz CT molecular complexity index is 817. The Morgan fingerprint density at radius 3 is 2.61 bits per heavy atom. The van der Waals surface area contributed by atoms with Crippen LogP contribution < -0.4 is 10.6 Å². The summed E-state index contributed by atoms with van der Waals surface area (Å²) in [6.45, 7) is 4.34. The Kier molecular flexibility index (Phi) is 7.21. The highest BCUT2D eigenvalue weighted by molar-refractivity contribution is 7.81. The number of aliphatic hydroxyl groups is 1. The Morgan fingerprint density at radius 2 is 1.93 bits per heavy atom. The van der Waals surface area contributed by atoms with E-state index >= 15 is 0 Å². The molecule has 0 aliphatic heterocycles. The molecule has 28 heavy (non-hydrogen) atoms. The van der Waals surface area contributed by atoms with Crippen LogP contribution >= 0.6 is 23.6 Å². The molecule has 2 aromatic rings. The highest BCUT2D eigenvalue weighted by atomic mass is 32.1. The van der Waals surface area contributed by atoms with E-state index in [2.05, 4.69) is 30.5 Å². The molecule has 0 spiro atoms. The normalized spacial score (nSPS) is 19.4. The van der Waals surface area contributed by atoms with Crippen molar-refractivity contribution in [2.75, 3.05) is 17.2 Å². The summed E-state index contributed by atoms with van der Waals surface area (Å²) in [4.78, 5) is 14.8. The van der Waals surface area contributed by atoms with Crippen LogP contribution in [0.5, 0.6) is 0 Å². The van der Waals surface area contributed by atoms with Crippen molar-refractivity contribution in [3.05, 3.63) is 46.8 Å². The molecule has 1 amide bonds. The smallest absolute Gasteiger partial charge is 0.228 e. The van der Waals surface area contributed by atoms with Crippen LogP contribution in [0, 0.1) is 11.8 Å². The van der Waals surface area contributed by atoms with Crippen LogP contribution in [0.4, 0.5) is 10.7 Å². The van der Waals surface area contributed by atoms with Gasteiger partial charge < -0.3 is 15.7 Å². The van der Waals surface area contributed by atoms with Crippen molar-refractivity contribution in [2.24, 2.45) is 11.8 Å². The van der Waals surface area contributed by atoms with Gasteiger partial charge in [-0.05, 0) is 42.9 Å². The summed E-state index contributed by atoms with van der Waals surface area (Å²) >= 11 is 7.24. The molecule has 1 saturated carbocycles. The number of carbonyl (C=O) groups is 1. The van der Waals surface area contributed by atoms with Crippen LogP contribution in [0.2, 0.25) is 0 Å². The van der Waals surface area contributed by atoms with Gasteiger partial charge in [-0.25, -0.2) is 0 Å². The first-order valence-electron chi connectivity index (χ1n) is 9.91. The predicted octanol–water partition coefficient (Wildman–Crippen LogP) is 5.40. The largest absolute Gasteiger partial charge is 0.396 e. The lowest BCUT2D eigenvalue weighted by Crippen LogP contribution is -2.33. The lowest BCUT2D eigenvalue weighted by molar-refractivity contribution is -0.123. The lowest BCUT2D eigenvalue weighted by atomic mass is 9.79. The summed E-state index contributed by atoms with van der Waals surface area (Å²) in [7, 11) is 0. The molecule has 3 N–H and O–H groups in total. The van der Waals surface area contributed by atoms with E-state index in [0.717, 1.165) is 41.9 Å². The van der Waals surface area contributed by atoms with Crippen molar-refractivity contribution in [3.8, 4) is 0 Å². The zero-order chi connectivity index (χ0) is 20.1. The Hall–Kier alpha value is -1.76. The van der Waals surface area contributed by atoms with Crippen LogP contribution in [0.15, 0.2) is 36.4 Å². The average molecular weight is 417 g/mol. The molecular weight excluding hydrogens is 388 g/mol. The van der Waals surface area contributed by atoms with Crippen LogP contribution in [0.3, 0.4) is 0 Å². The number of nitrogens with one attached hydrogen (secondary N) is 2. The van der Waals surface area contributed by atoms with Gasteiger partial charge in [0.15, 0.2) is 0 Å². The van der Waals surface area contributed by atoms with Crippen LogP contribution in [0.25, 0.3) is 0 Å². The third-order valence-electron chi connectivity index (χ3n) is 5.31. The topological polar surface area (TPSA) is 61.4 Å². The molecule has 1 aliphatic rings. The second-order valence-electron chi connectivity index (χ2n) is 7.69. The molecule has 150 valence electrons. The third kappa shape index (κ3) is 4.99. The van der Waals surface area contributed by atoms with Gasteiger partial charge in [0.05, 0.1) is 0 Å². The number of thiocarbonyl (C=S) groups is 1. The molecule has 2 unspecified atom stereocenters. The fraction of sp³-hybridized carbons (Fsp3) is 0.455. The van der Waals surface area contributed by atoms with E-state index < -0.39 is 0 Å². The zero-order valence-electron chi connectivity index (χ0n) is 16.4. The standard InChI is InChI=1S/C22H28N2O2S2/c1-14(2)19-12-18(21(27)23-16-9-4-3-5-10-16)22(28-19)24-20(26)17-11-7-6-8-15(17)13-25/h3-5,9-10,12,14-15,17,25H,6-8,11,13H2,1-2H3,(H,23,27)(H,24,26). The Labute approximate surface area is 176 Å². The maximum atomic E-state index is 13.0. The van der Waals surface area contributed by atoms with E-state index in [1.807, 2.05) is 30.3 Å². The molecule has 0 radical (unpaired) electrons. The van der Waals surface area contributed by atoms with Gasteiger partial charge in [0.1, 0.15) is 9.99 Å². The number of aliphatic hydroxyl groups excluding tert-OH is 1. The van der Waals surface area contributed by atoms with E-state index in [-0.39, 0.29) is 24.3 Å². The van der Waals surface area contributed by atoms with Crippen molar-refractivity contribution >= 4 is 45.1 Å². The molecule has 3 rings (SSSR count). The minimum atomic E-state index is -0.133. The second-order valence-corrected chi connectivity index (χ2v) is 9.18. The molecule has 1 aromatic heterocycles. The fourth-order valence-corrected chi connectivity index (χ4v) is 5.07. The molecule has 6 heteroatoms. The van der Waals surface area contributed by atoms with Gasteiger partial charge >= 0.3 is 0 Å². The van der Waals surface area contributed by atoms with Crippen molar-refractivity contribution in [1.82, 2.24) is 0 Å². The number of anilines is 2. The van der Waals surface area contributed by atoms with Gasteiger partial charge in [-0.2, -0.15) is 0 Å². The summed E-state index contributed by atoms with van der Waals surface area (Å²) < 4.78 is 0. The van der Waals surface area contributed by atoms with Gasteiger partial charge in [-0.15, -0.1) is 11.3 Å². The monoisotopic (exact) mass is 416 g/mol. The number of hydrogen-bond donors (Lipinski definition) is 3. The van der Waals surface area contributed by atoms with E-state index in [0.29, 0.717) is 10.9 Å². The van der Waals surface area contributed by atoms with Crippen molar-refractivity contribution in [1.29, 1.82) is 0 Å². The van der Waals surface area contributed by atoms with Crippen molar-refractivity contribution < 1.29 is 9.90 Å². The summed E-state index contributed by atoms with van der Waals surface area (Å²) in [6, 6.07) is 11.9. The van der Waals surface area contributed by atoms with Gasteiger partial charge in [0.25, 0.3) is 0 Å². The van der Waals surface area contributed by atoms with Gasteiger partial charge in [-0.3, -0.25) is 4.79 Å². The molecule has 0 bridgehead atoms. The minimum absolute atomic E-state index is 0.000308. The van der Waals surface area contributed by atoms with Gasteiger partial charge in [-0.1, -0.05) is 57.1 Å². The van der Waals surface area contributed by atoms with Crippen molar-refractivity contribution in [2.45, 2.75) is 45.4 Å². The van der Waals surface area contributed by atoms with E-state index in [1.165, 1.54) is 4.88 Å². The first kappa shape index (κ1) is 21.0. The SMILES string of the molecule is CC(C)c1cc(C(=S)Nc2ccccc2)c(NC(=O)C2CCCCC2CO)s1. The van der Waals surface area contributed by atoms with Gasteiger partial charge in [0.2, 0.25) is 5.91 Å². The molecule has 1 aromatic carbocycles.